The Hall–Kier alpha value is -1.10. The average Bonchev–Trinajstić information content (AvgIpc) is 2.64. The van der Waals surface area contributed by atoms with E-state index in [1.54, 1.807) is 0 Å². The molecule has 1 rings (SSSR count). The van der Waals surface area contributed by atoms with Gasteiger partial charge >= 0.3 is 5.97 Å². The molecule has 1 amide bonds. The van der Waals surface area contributed by atoms with Crippen LogP contribution in [0.1, 0.15) is 34.1 Å². The van der Waals surface area contributed by atoms with Crippen LogP contribution in [0, 0.1) is 0 Å². The summed E-state index contributed by atoms with van der Waals surface area (Å²) >= 11 is 0. The normalized spacial score (nSPS) is 25.2. The number of likely N-dealkylation sites (N-methyl/N-ethyl adjacent to an activating group) is 1. The molecule has 1 N–H and O–H groups in total. The summed E-state index contributed by atoms with van der Waals surface area (Å²) in [6.07, 6.45) is 0.508. The maximum atomic E-state index is 11.6. The van der Waals surface area contributed by atoms with Gasteiger partial charge in [0, 0.05) is 32.6 Å². The highest BCUT2D eigenvalue weighted by Gasteiger charge is 2.50. The van der Waals surface area contributed by atoms with Gasteiger partial charge in [-0.05, 0) is 27.2 Å². The molecule has 1 aliphatic heterocycles. The topological polar surface area (TPSA) is 60.9 Å². The second kappa shape index (κ2) is 5.04. The molecule has 0 bridgehead atoms. The van der Waals surface area contributed by atoms with Gasteiger partial charge in [-0.3, -0.25) is 9.69 Å². The van der Waals surface area contributed by atoms with Crippen molar-refractivity contribution in [1.82, 2.24) is 9.80 Å². The lowest BCUT2D eigenvalue weighted by atomic mass is 9.96. The number of carbonyl (C=O) groups excluding carboxylic acids is 1. The number of hydrogen-bond acceptors (Lipinski definition) is 3. The van der Waals surface area contributed by atoms with Gasteiger partial charge in [-0.1, -0.05) is 0 Å². The monoisotopic (exact) mass is 242 g/mol. The third-order valence-electron chi connectivity index (χ3n) is 3.62. The maximum Gasteiger partial charge on any atom is 0.331 e. The zero-order valence-corrected chi connectivity index (χ0v) is 11.1. The summed E-state index contributed by atoms with van der Waals surface area (Å²) in [5.41, 5.74) is -1.04. The van der Waals surface area contributed by atoms with Crippen LogP contribution in [0.5, 0.6) is 0 Å². The van der Waals surface area contributed by atoms with Crippen molar-refractivity contribution in [2.24, 2.45) is 0 Å². The molecule has 0 aromatic carbocycles. The Morgan fingerprint density at radius 1 is 1.47 bits per heavy atom. The molecule has 0 aromatic heterocycles. The molecule has 0 saturated carbocycles. The number of nitrogens with zero attached hydrogens (tertiary/aromatic N) is 2. The first-order valence-electron chi connectivity index (χ1n) is 6.10. The van der Waals surface area contributed by atoms with Gasteiger partial charge in [0.15, 0.2) is 5.54 Å². The van der Waals surface area contributed by atoms with E-state index < -0.39 is 11.5 Å². The van der Waals surface area contributed by atoms with Crippen molar-refractivity contribution >= 4 is 11.9 Å². The Labute approximate surface area is 102 Å². The molecule has 5 nitrogen and oxygen atoms in total. The third kappa shape index (κ3) is 2.44. The van der Waals surface area contributed by atoms with E-state index in [9.17, 15) is 14.7 Å². The predicted octanol–water partition coefficient (Wildman–Crippen LogP) is 0.792. The lowest BCUT2D eigenvalue weighted by molar-refractivity contribution is -0.157. The first-order chi connectivity index (χ1) is 7.85. The highest BCUT2D eigenvalue weighted by Crippen LogP contribution is 2.29. The smallest absolute Gasteiger partial charge is 0.331 e. The zero-order valence-electron chi connectivity index (χ0n) is 11.1. The highest BCUT2D eigenvalue weighted by molar-refractivity contribution is 5.86. The highest BCUT2D eigenvalue weighted by atomic mass is 16.4. The second-order valence-electron chi connectivity index (χ2n) is 4.91. The lowest BCUT2D eigenvalue weighted by Gasteiger charge is -2.37. The van der Waals surface area contributed by atoms with Gasteiger partial charge < -0.3 is 10.0 Å². The molecular weight excluding hydrogens is 220 g/mol. The first kappa shape index (κ1) is 14.0. The summed E-state index contributed by atoms with van der Waals surface area (Å²) in [7, 11) is 0. The van der Waals surface area contributed by atoms with E-state index in [1.165, 1.54) is 11.8 Å². The lowest BCUT2D eigenvalue weighted by Crippen LogP contribution is -2.58. The Morgan fingerprint density at radius 2 is 2.06 bits per heavy atom. The zero-order chi connectivity index (χ0) is 13.2. The summed E-state index contributed by atoms with van der Waals surface area (Å²) in [5.74, 6) is -1.06. The van der Waals surface area contributed by atoms with Crippen molar-refractivity contribution in [3.8, 4) is 0 Å². The summed E-state index contributed by atoms with van der Waals surface area (Å²) < 4.78 is 0. The Balaban J connectivity index is 3.00. The fourth-order valence-electron chi connectivity index (χ4n) is 2.60. The minimum atomic E-state index is -1.04. The molecule has 1 saturated heterocycles. The third-order valence-corrected chi connectivity index (χ3v) is 3.62. The quantitative estimate of drug-likeness (QED) is 0.792. The van der Waals surface area contributed by atoms with E-state index >= 15 is 0 Å². The molecule has 0 spiro atoms. The number of carboxylic acid groups (broad SMARTS) is 1. The van der Waals surface area contributed by atoms with Crippen molar-refractivity contribution in [1.29, 1.82) is 0 Å². The molecule has 1 aliphatic rings. The SMILES string of the molecule is CCN(C(C)=O)C1(C(=O)O)CCN(C(C)C)C1. The fourth-order valence-corrected chi connectivity index (χ4v) is 2.60. The number of hydrogen-bond donors (Lipinski definition) is 1. The van der Waals surface area contributed by atoms with Gasteiger partial charge in [0.2, 0.25) is 5.91 Å². The molecular formula is C12H22N2O3. The van der Waals surface area contributed by atoms with Gasteiger partial charge in [0.25, 0.3) is 0 Å². The van der Waals surface area contributed by atoms with Crippen molar-refractivity contribution in [2.75, 3.05) is 19.6 Å². The van der Waals surface area contributed by atoms with Gasteiger partial charge in [-0.25, -0.2) is 4.79 Å². The van der Waals surface area contributed by atoms with Gasteiger partial charge in [-0.2, -0.15) is 0 Å². The molecule has 98 valence electrons. The van der Waals surface area contributed by atoms with Crippen LogP contribution in [-0.4, -0.2) is 58.0 Å². The predicted molar refractivity (Wildman–Crippen MR) is 64.8 cm³/mol. The van der Waals surface area contributed by atoms with Crippen LogP contribution in [0.15, 0.2) is 0 Å². The standard InChI is InChI=1S/C12H22N2O3/c1-5-14(10(4)15)12(11(16)17)6-7-13(8-12)9(2)3/h9H,5-8H2,1-4H3,(H,16,17). The summed E-state index contributed by atoms with van der Waals surface area (Å²) in [5, 5.41) is 9.49. The van der Waals surface area contributed by atoms with Crippen molar-refractivity contribution in [2.45, 2.75) is 45.7 Å². The van der Waals surface area contributed by atoms with Crippen LogP contribution in [0.3, 0.4) is 0 Å². The average molecular weight is 242 g/mol. The van der Waals surface area contributed by atoms with E-state index in [0.29, 0.717) is 25.6 Å². The second-order valence-corrected chi connectivity index (χ2v) is 4.91. The van der Waals surface area contributed by atoms with E-state index in [-0.39, 0.29) is 5.91 Å². The number of amides is 1. The largest absolute Gasteiger partial charge is 0.479 e. The molecule has 0 radical (unpaired) electrons. The number of rotatable bonds is 4. The van der Waals surface area contributed by atoms with E-state index in [4.69, 9.17) is 0 Å². The van der Waals surface area contributed by atoms with Crippen LogP contribution < -0.4 is 0 Å². The summed E-state index contributed by atoms with van der Waals surface area (Å²) in [4.78, 5) is 26.8. The van der Waals surface area contributed by atoms with E-state index in [1.807, 2.05) is 20.8 Å². The molecule has 5 heteroatoms. The summed E-state index contributed by atoms with van der Waals surface area (Å²) in [6.45, 7) is 8.94. The van der Waals surface area contributed by atoms with Crippen LogP contribution in [0.4, 0.5) is 0 Å². The molecule has 1 atom stereocenters. The van der Waals surface area contributed by atoms with Crippen molar-refractivity contribution in [3.05, 3.63) is 0 Å². The van der Waals surface area contributed by atoms with Gasteiger partial charge in [0.05, 0.1) is 0 Å². The Morgan fingerprint density at radius 3 is 2.35 bits per heavy atom. The fraction of sp³-hybridized carbons (Fsp3) is 0.833. The number of aliphatic carboxylic acids is 1. The molecule has 1 unspecified atom stereocenters. The molecule has 17 heavy (non-hydrogen) atoms. The van der Waals surface area contributed by atoms with Crippen LogP contribution in [0.25, 0.3) is 0 Å². The molecule has 0 aliphatic carbocycles. The first-order valence-corrected chi connectivity index (χ1v) is 6.10. The molecule has 1 heterocycles. The van der Waals surface area contributed by atoms with Crippen molar-refractivity contribution < 1.29 is 14.7 Å². The number of likely N-dealkylation sites (tertiary alicyclic amines) is 1. The van der Waals surface area contributed by atoms with Crippen LogP contribution in [0.2, 0.25) is 0 Å². The number of carbonyl (C=O) groups is 2. The summed E-state index contributed by atoms with van der Waals surface area (Å²) in [6, 6.07) is 0.307. The molecule has 0 aromatic rings. The molecule has 1 fully saturated rings. The van der Waals surface area contributed by atoms with E-state index in [2.05, 4.69) is 4.90 Å². The van der Waals surface area contributed by atoms with Gasteiger partial charge in [-0.15, -0.1) is 0 Å². The van der Waals surface area contributed by atoms with Crippen LogP contribution in [-0.2, 0) is 9.59 Å². The van der Waals surface area contributed by atoms with Crippen molar-refractivity contribution in [3.63, 3.8) is 0 Å². The Bertz CT molecular complexity index is 317. The maximum absolute atomic E-state index is 11.6. The van der Waals surface area contributed by atoms with Gasteiger partial charge in [0.1, 0.15) is 0 Å². The minimum Gasteiger partial charge on any atom is -0.479 e. The number of carboxylic acids is 1. The Kier molecular flexibility index (Phi) is 4.14. The van der Waals surface area contributed by atoms with Crippen LogP contribution >= 0.6 is 0 Å². The van der Waals surface area contributed by atoms with E-state index in [0.717, 1.165) is 6.54 Å². The minimum absolute atomic E-state index is 0.166.